The average Bonchev–Trinajstić information content (AvgIpc) is 3.11. The van der Waals surface area contributed by atoms with Gasteiger partial charge in [0.05, 0.1) is 38.4 Å². The van der Waals surface area contributed by atoms with E-state index in [0.717, 1.165) is 10.8 Å². The van der Waals surface area contributed by atoms with Gasteiger partial charge in [-0.15, -0.1) is 0 Å². The number of fused-ring (bicyclic) bond motifs is 2. The molecule has 5 rings (SSSR count). The molecule has 0 unspecified atom stereocenters. The van der Waals surface area contributed by atoms with Crippen LogP contribution in [-0.2, 0) is 11.2 Å². The maximum absolute atomic E-state index is 13.6. The Bertz CT molecular complexity index is 1720. The number of amides is 5. The Kier molecular flexibility index (Phi) is 10.5. The number of nitrogens with zero attached hydrogens (tertiary/aromatic N) is 2. The maximum Gasteiger partial charge on any atom is 0.323 e. The number of hydrogen-bond acceptors (Lipinski definition) is 6. The van der Waals surface area contributed by atoms with Crippen LogP contribution < -0.4 is 25.4 Å². The molecule has 4 N–H and O–H groups in total. The Labute approximate surface area is 274 Å². The minimum Gasteiger partial charge on any atom is -0.497 e. The van der Waals surface area contributed by atoms with Crippen molar-refractivity contribution in [3.63, 3.8) is 0 Å². The summed E-state index contributed by atoms with van der Waals surface area (Å²) in [5, 5.41) is 20.5. The van der Waals surface area contributed by atoms with Crippen LogP contribution in [0.15, 0.2) is 84.9 Å². The summed E-state index contributed by atoms with van der Waals surface area (Å²) in [6, 6.07) is 24.5. The molecule has 1 heterocycles. The summed E-state index contributed by atoms with van der Waals surface area (Å²) >= 11 is 0. The first-order chi connectivity index (χ1) is 22.6. The first-order valence-corrected chi connectivity index (χ1v) is 15.6. The second-order valence-electron chi connectivity index (χ2n) is 11.9. The molecule has 1 aliphatic rings. The predicted octanol–water partition coefficient (Wildman–Crippen LogP) is 5.81. The van der Waals surface area contributed by atoms with Crippen LogP contribution in [0.1, 0.15) is 19.4 Å². The van der Waals surface area contributed by atoms with Gasteiger partial charge in [-0.25, -0.2) is 9.59 Å². The molecule has 0 fully saturated rings. The first-order valence-electron chi connectivity index (χ1n) is 15.6. The lowest BCUT2D eigenvalue weighted by Gasteiger charge is -2.34. The van der Waals surface area contributed by atoms with Crippen molar-refractivity contribution < 1.29 is 29.0 Å². The number of methoxy groups -OCH3 is 1. The zero-order valence-electron chi connectivity index (χ0n) is 27.0. The summed E-state index contributed by atoms with van der Waals surface area (Å²) in [5.41, 5.74) is 2.35. The van der Waals surface area contributed by atoms with Gasteiger partial charge in [-0.2, -0.15) is 0 Å². The molecule has 0 saturated carbocycles. The van der Waals surface area contributed by atoms with E-state index < -0.39 is 18.2 Å². The van der Waals surface area contributed by atoms with Gasteiger partial charge in [-0.1, -0.05) is 43.3 Å². The predicted molar refractivity (Wildman–Crippen MR) is 183 cm³/mol. The van der Waals surface area contributed by atoms with E-state index in [0.29, 0.717) is 40.7 Å². The van der Waals surface area contributed by atoms with Crippen LogP contribution in [0.4, 0.5) is 26.7 Å². The number of anilines is 3. The third-order valence-corrected chi connectivity index (χ3v) is 8.35. The van der Waals surface area contributed by atoms with Crippen LogP contribution in [0.2, 0.25) is 0 Å². The van der Waals surface area contributed by atoms with Crippen LogP contribution in [0, 0.1) is 5.92 Å². The molecule has 5 amide bonds. The van der Waals surface area contributed by atoms with Gasteiger partial charge >= 0.3 is 12.1 Å². The fourth-order valence-corrected chi connectivity index (χ4v) is 5.59. The van der Waals surface area contributed by atoms with Crippen molar-refractivity contribution in [3.8, 4) is 11.5 Å². The third kappa shape index (κ3) is 8.11. The molecular formula is C36H41N5O6. The van der Waals surface area contributed by atoms with E-state index in [1.54, 1.807) is 73.3 Å². The summed E-state index contributed by atoms with van der Waals surface area (Å²) in [6.45, 7) is 4.13. The highest BCUT2D eigenvalue weighted by Gasteiger charge is 2.32. The van der Waals surface area contributed by atoms with E-state index in [9.17, 15) is 19.5 Å². The van der Waals surface area contributed by atoms with Crippen LogP contribution >= 0.6 is 0 Å². The van der Waals surface area contributed by atoms with Gasteiger partial charge < -0.3 is 40.3 Å². The van der Waals surface area contributed by atoms with Gasteiger partial charge in [0.15, 0.2) is 0 Å². The number of nitrogens with one attached hydrogen (secondary N) is 3. The third-order valence-electron chi connectivity index (χ3n) is 8.35. The number of carbonyl (C=O) groups is 3. The van der Waals surface area contributed by atoms with Crippen molar-refractivity contribution in [1.82, 2.24) is 9.80 Å². The van der Waals surface area contributed by atoms with Gasteiger partial charge in [0, 0.05) is 41.8 Å². The molecule has 0 bridgehead atoms. The second kappa shape index (κ2) is 14.9. The van der Waals surface area contributed by atoms with Crippen molar-refractivity contribution in [2.75, 3.05) is 49.8 Å². The molecule has 0 aliphatic carbocycles. The molecule has 3 atom stereocenters. The first kappa shape index (κ1) is 33.1. The summed E-state index contributed by atoms with van der Waals surface area (Å²) < 4.78 is 11.7. The molecule has 0 aromatic heterocycles. The van der Waals surface area contributed by atoms with E-state index in [1.807, 2.05) is 49.4 Å². The number of ether oxygens (including phenoxy) is 2. The fraction of sp³-hybridized carbons (Fsp3) is 0.306. The highest BCUT2D eigenvalue weighted by atomic mass is 16.5. The van der Waals surface area contributed by atoms with E-state index in [2.05, 4.69) is 16.0 Å². The van der Waals surface area contributed by atoms with E-state index >= 15 is 0 Å². The zero-order valence-corrected chi connectivity index (χ0v) is 27.0. The van der Waals surface area contributed by atoms with Crippen molar-refractivity contribution in [2.45, 2.75) is 32.4 Å². The van der Waals surface area contributed by atoms with Crippen LogP contribution in [0.25, 0.3) is 10.8 Å². The van der Waals surface area contributed by atoms with Gasteiger partial charge in [-0.3, -0.25) is 4.79 Å². The molecule has 0 saturated heterocycles. The van der Waals surface area contributed by atoms with E-state index in [1.165, 1.54) is 0 Å². The molecule has 4 aromatic carbocycles. The monoisotopic (exact) mass is 639 g/mol. The summed E-state index contributed by atoms with van der Waals surface area (Å²) in [5.74, 6) is 0.787. The average molecular weight is 640 g/mol. The lowest BCUT2D eigenvalue weighted by atomic mass is 10.0. The quantitative estimate of drug-likeness (QED) is 0.193. The smallest absolute Gasteiger partial charge is 0.323 e. The lowest BCUT2D eigenvalue weighted by Crippen LogP contribution is -2.48. The van der Waals surface area contributed by atoms with Crippen molar-refractivity contribution in [1.29, 1.82) is 0 Å². The Balaban J connectivity index is 1.35. The normalized spacial score (nSPS) is 16.9. The van der Waals surface area contributed by atoms with E-state index in [-0.39, 0.29) is 37.4 Å². The number of hydrogen-bond donors (Lipinski definition) is 4. The largest absolute Gasteiger partial charge is 0.497 e. The minimum absolute atomic E-state index is 0.00609. The van der Waals surface area contributed by atoms with Crippen molar-refractivity contribution in [3.05, 3.63) is 90.5 Å². The van der Waals surface area contributed by atoms with Gasteiger partial charge in [0.1, 0.15) is 17.6 Å². The second-order valence-corrected chi connectivity index (χ2v) is 11.9. The number of benzene rings is 4. The Hall–Kier alpha value is -5.29. The van der Waals surface area contributed by atoms with Crippen molar-refractivity contribution >= 4 is 45.8 Å². The number of aliphatic hydroxyl groups excluding tert-OH is 1. The maximum atomic E-state index is 13.6. The Morgan fingerprint density at radius 3 is 2.45 bits per heavy atom. The summed E-state index contributed by atoms with van der Waals surface area (Å²) in [6.07, 6.45) is -0.486. The highest BCUT2D eigenvalue weighted by molar-refractivity contribution is 6.01. The Morgan fingerprint density at radius 2 is 1.70 bits per heavy atom. The van der Waals surface area contributed by atoms with Crippen LogP contribution in [-0.4, -0.2) is 78.9 Å². The number of carbonyl (C=O) groups excluding carboxylic acids is 3. The number of likely N-dealkylation sites (N-methyl/N-ethyl adjacent to an activating group) is 1. The standard InChI is InChI=1S/C36H41N5O6/c1-23-20-41(24(2)22-42)34(43)19-26-18-28(38-35(44)37-27-12-15-29(46-4)16-13-27)14-17-32(26)47-33(23)21-40(3)36(45)39-31-11-7-9-25-8-5-6-10-30(25)31/h5-18,23-24,33,42H,19-22H2,1-4H3,(H,39,45)(H2,37,38,44)/t23-,24-,33+/m1/s1. The summed E-state index contributed by atoms with van der Waals surface area (Å²) in [7, 11) is 3.28. The molecule has 11 nitrogen and oxygen atoms in total. The van der Waals surface area contributed by atoms with Gasteiger partial charge in [-0.05, 0) is 60.8 Å². The molecule has 4 aromatic rings. The number of urea groups is 2. The van der Waals surface area contributed by atoms with Gasteiger partial charge in [0.2, 0.25) is 5.91 Å². The van der Waals surface area contributed by atoms with Crippen LogP contribution in [0.5, 0.6) is 11.5 Å². The summed E-state index contributed by atoms with van der Waals surface area (Å²) in [4.78, 5) is 43.0. The zero-order chi connectivity index (χ0) is 33.5. The molecule has 0 radical (unpaired) electrons. The minimum atomic E-state index is -0.492. The highest BCUT2D eigenvalue weighted by Crippen LogP contribution is 2.30. The molecule has 47 heavy (non-hydrogen) atoms. The lowest BCUT2D eigenvalue weighted by molar-refractivity contribution is -0.134. The molecule has 11 heteroatoms. The topological polar surface area (TPSA) is 132 Å². The van der Waals surface area contributed by atoms with Crippen molar-refractivity contribution in [2.24, 2.45) is 5.92 Å². The van der Waals surface area contributed by atoms with E-state index in [4.69, 9.17) is 9.47 Å². The number of rotatable bonds is 8. The number of aliphatic hydroxyl groups is 1. The SMILES string of the molecule is COc1ccc(NC(=O)Nc2ccc3c(c2)CC(=O)N([C@H](C)CO)C[C@@H](C)[C@H](CN(C)C(=O)Nc2cccc4ccccc24)O3)cc1. The molecular weight excluding hydrogens is 598 g/mol. The molecule has 1 aliphatic heterocycles. The molecule has 246 valence electrons. The van der Waals surface area contributed by atoms with Crippen LogP contribution in [0.3, 0.4) is 0 Å². The Morgan fingerprint density at radius 1 is 1.00 bits per heavy atom. The fourth-order valence-electron chi connectivity index (χ4n) is 5.59. The van der Waals surface area contributed by atoms with Gasteiger partial charge in [0.25, 0.3) is 0 Å². The molecule has 0 spiro atoms.